The summed E-state index contributed by atoms with van der Waals surface area (Å²) in [6, 6.07) is -0.341. The number of urea groups is 1. The number of aliphatic carboxylic acids is 1. The number of rotatable bonds is 3. The van der Waals surface area contributed by atoms with Crippen LogP contribution in [0.2, 0.25) is 0 Å². The van der Waals surface area contributed by atoms with E-state index in [9.17, 15) is 14.7 Å². The van der Waals surface area contributed by atoms with Crippen molar-refractivity contribution >= 4 is 12.0 Å². The van der Waals surface area contributed by atoms with Crippen molar-refractivity contribution in [2.45, 2.75) is 31.8 Å². The summed E-state index contributed by atoms with van der Waals surface area (Å²) in [6.07, 6.45) is 4.67. The summed E-state index contributed by atoms with van der Waals surface area (Å²) in [7, 11) is 1.80. The largest absolute Gasteiger partial charge is 0.480 e. The average molecular weight is 266 g/mol. The zero-order valence-electron chi connectivity index (χ0n) is 11.1. The number of carbonyl (C=O) groups is 2. The number of nitrogens with one attached hydrogen (secondary N) is 1. The summed E-state index contributed by atoms with van der Waals surface area (Å²) in [5.74, 6) is -0.957. The van der Waals surface area contributed by atoms with Crippen LogP contribution in [-0.2, 0) is 18.4 Å². The smallest absolute Gasteiger partial charge is 0.329 e. The van der Waals surface area contributed by atoms with Gasteiger partial charge < -0.3 is 15.3 Å². The van der Waals surface area contributed by atoms with Crippen LogP contribution in [0.15, 0.2) is 12.4 Å². The third kappa shape index (κ3) is 2.54. The van der Waals surface area contributed by atoms with E-state index in [-0.39, 0.29) is 6.03 Å². The number of carboxylic acids is 1. The Morgan fingerprint density at radius 1 is 1.58 bits per heavy atom. The van der Waals surface area contributed by atoms with Crippen LogP contribution >= 0.6 is 0 Å². The molecule has 1 fully saturated rings. The molecule has 0 aromatic carbocycles. The Hall–Kier alpha value is -2.05. The SMILES string of the molecule is Cn1cc(CNC(=O)N2CCCC2(C)C(=O)O)cn1. The number of carboxylic acid groups (broad SMARTS) is 1. The fourth-order valence-electron chi connectivity index (χ4n) is 2.35. The molecule has 1 aromatic rings. The van der Waals surface area contributed by atoms with Crippen LogP contribution in [-0.4, -0.2) is 43.9 Å². The molecule has 19 heavy (non-hydrogen) atoms. The molecule has 1 atom stereocenters. The third-order valence-corrected chi connectivity index (χ3v) is 3.55. The second-order valence-corrected chi connectivity index (χ2v) is 5.02. The van der Waals surface area contributed by atoms with E-state index < -0.39 is 11.5 Å². The molecule has 0 aliphatic carbocycles. The van der Waals surface area contributed by atoms with Crippen molar-refractivity contribution in [3.63, 3.8) is 0 Å². The molecule has 104 valence electrons. The van der Waals surface area contributed by atoms with Crippen molar-refractivity contribution in [3.8, 4) is 0 Å². The van der Waals surface area contributed by atoms with Gasteiger partial charge in [-0.1, -0.05) is 0 Å². The number of hydrogen-bond donors (Lipinski definition) is 2. The van der Waals surface area contributed by atoms with Gasteiger partial charge in [-0.3, -0.25) is 4.68 Å². The Balaban J connectivity index is 1.98. The lowest BCUT2D eigenvalue weighted by atomic mass is 10.00. The Morgan fingerprint density at radius 3 is 2.89 bits per heavy atom. The number of aryl methyl sites for hydroxylation is 1. The normalized spacial score (nSPS) is 22.5. The van der Waals surface area contributed by atoms with Gasteiger partial charge in [-0.2, -0.15) is 5.10 Å². The van der Waals surface area contributed by atoms with Gasteiger partial charge in [0.2, 0.25) is 0 Å². The van der Waals surface area contributed by atoms with E-state index in [1.165, 1.54) is 4.90 Å². The number of aromatic nitrogens is 2. The third-order valence-electron chi connectivity index (χ3n) is 3.55. The molecule has 1 saturated heterocycles. The highest BCUT2D eigenvalue weighted by atomic mass is 16.4. The van der Waals surface area contributed by atoms with Gasteiger partial charge in [0, 0.05) is 31.9 Å². The molecule has 1 aromatic heterocycles. The first-order chi connectivity index (χ1) is 8.93. The number of hydrogen-bond acceptors (Lipinski definition) is 3. The standard InChI is InChI=1S/C12H18N4O3/c1-12(10(17)18)4-3-5-16(12)11(19)13-6-9-7-14-15(2)8-9/h7-8H,3-6H2,1-2H3,(H,13,19)(H,17,18). The zero-order valence-corrected chi connectivity index (χ0v) is 11.1. The topological polar surface area (TPSA) is 87.5 Å². The first-order valence-electron chi connectivity index (χ1n) is 6.20. The molecule has 0 bridgehead atoms. The molecule has 1 aliphatic rings. The van der Waals surface area contributed by atoms with Gasteiger partial charge in [0.05, 0.1) is 6.20 Å². The lowest BCUT2D eigenvalue weighted by Gasteiger charge is -2.31. The van der Waals surface area contributed by atoms with Crippen LogP contribution < -0.4 is 5.32 Å². The molecular weight excluding hydrogens is 248 g/mol. The first-order valence-corrected chi connectivity index (χ1v) is 6.20. The van der Waals surface area contributed by atoms with Crippen molar-refractivity contribution in [3.05, 3.63) is 18.0 Å². The quantitative estimate of drug-likeness (QED) is 0.837. The summed E-state index contributed by atoms with van der Waals surface area (Å²) >= 11 is 0. The van der Waals surface area contributed by atoms with Crippen LogP contribution in [0.4, 0.5) is 4.79 Å². The van der Waals surface area contributed by atoms with Crippen LogP contribution in [0.25, 0.3) is 0 Å². The van der Waals surface area contributed by atoms with Crippen LogP contribution in [0.3, 0.4) is 0 Å². The Bertz CT molecular complexity index is 499. The average Bonchev–Trinajstić information content (AvgIpc) is 2.93. The summed E-state index contributed by atoms with van der Waals surface area (Å²) in [5, 5.41) is 16.0. The van der Waals surface area contributed by atoms with Gasteiger partial charge in [-0.25, -0.2) is 9.59 Å². The lowest BCUT2D eigenvalue weighted by Crippen LogP contribution is -2.53. The van der Waals surface area contributed by atoms with E-state index in [1.807, 2.05) is 0 Å². The van der Waals surface area contributed by atoms with Gasteiger partial charge in [0.25, 0.3) is 0 Å². The van der Waals surface area contributed by atoms with Crippen molar-refractivity contribution in [1.29, 1.82) is 0 Å². The summed E-state index contributed by atoms with van der Waals surface area (Å²) in [4.78, 5) is 24.7. The van der Waals surface area contributed by atoms with Crippen molar-refractivity contribution in [2.24, 2.45) is 7.05 Å². The molecule has 2 amide bonds. The minimum atomic E-state index is -1.10. The van der Waals surface area contributed by atoms with Gasteiger partial charge in [-0.15, -0.1) is 0 Å². The van der Waals surface area contributed by atoms with Crippen molar-refractivity contribution in [1.82, 2.24) is 20.0 Å². The maximum atomic E-state index is 12.1. The van der Waals surface area contributed by atoms with E-state index >= 15 is 0 Å². The Morgan fingerprint density at radius 2 is 2.32 bits per heavy atom. The fraction of sp³-hybridized carbons (Fsp3) is 0.583. The predicted octanol–water partition coefficient (Wildman–Crippen LogP) is 0.569. The molecule has 7 nitrogen and oxygen atoms in total. The number of carbonyl (C=O) groups excluding carboxylic acids is 1. The van der Waals surface area contributed by atoms with Crippen LogP contribution in [0.5, 0.6) is 0 Å². The van der Waals surface area contributed by atoms with E-state index in [0.29, 0.717) is 25.9 Å². The zero-order chi connectivity index (χ0) is 14.0. The Kier molecular flexibility index (Phi) is 3.46. The monoisotopic (exact) mass is 266 g/mol. The minimum Gasteiger partial charge on any atom is -0.480 e. The maximum Gasteiger partial charge on any atom is 0.329 e. The van der Waals surface area contributed by atoms with E-state index in [4.69, 9.17) is 0 Å². The molecule has 0 radical (unpaired) electrons. The highest BCUT2D eigenvalue weighted by Gasteiger charge is 2.45. The van der Waals surface area contributed by atoms with E-state index in [1.54, 1.807) is 31.0 Å². The molecule has 2 N–H and O–H groups in total. The van der Waals surface area contributed by atoms with Crippen molar-refractivity contribution < 1.29 is 14.7 Å². The summed E-state index contributed by atoms with van der Waals surface area (Å²) in [5.41, 5.74) is -0.217. The molecule has 2 heterocycles. The van der Waals surface area contributed by atoms with Crippen LogP contribution in [0.1, 0.15) is 25.3 Å². The molecule has 7 heteroatoms. The molecule has 0 spiro atoms. The maximum absolute atomic E-state index is 12.1. The summed E-state index contributed by atoms with van der Waals surface area (Å²) in [6.45, 7) is 2.41. The highest BCUT2D eigenvalue weighted by molar-refractivity contribution is 5.86. The summed E-state index contributed by atoms with van der Waals surface area (Å²) < 4.78 is 1.65. The van der Waals surface area contributed by atoms with E-state index in [2.05, 4.69) is 10.4 Å². The fourth-order valence-corrected chi connectivity index (χ4v) is 2.35. The molecular formula is C12H18N4O3. The molecule has 2 rings (SSSR count). The second-order valence-electron chi connectivity index (χ2n) is 5.02. The number of amides is 2. The van der Waals surface area contributed by atoms with E-state index in [0.717, 1.165) is 5.56 Å². The lowest BCUT2D eigenvalue weighted by molar-refractivity contribution is -0.147. The first kappa shape index (κ1) is 13.4. The number of likely N-dealkylation sites (tertiary alicyclic amines) is 1. The second kappa shape index (κ2) is 4.91. The molecule has 0 saturated carbocycles. The van der Waals surface area contributed by atoms with Gasteiger partial charge in [-0.05, 0) is 19.8 Å². The highest BCUT2D eigenvalue weighted by Crippen LogP contribution is 2.29. The predicted molar refractivity (Wildman–Crippen MR) is 67.4 cm³/mol. The Labute approximate surface area is 111 Å². The van der Waals surface area contributed by atoms with Gasteiger partial charge in [0.15, 0.2) is 0 Å². The van der Waals surface area contributed by atoms with Gasteiger partial charge in [0.1, 0.15) is 5.54 Å². The minimum absolute atomic E-state index is 0.341. The molecule has 1 unspecified atom stereocenters. The van der Waals surface area contributed by atoms with Gasteiger partial charge >= 0.3 is 12.0 Å². The number of nitrogens with zero attached hydrogens (tertiary/aromatic N) is 3. The molecule has 1 aliphatic heterocycles. The van der Waals surface area contributed by atoms with Crippen LogP contribution in [0, 0.1) is 0 Å². The van der Waals surface area contributed by atoms with Crippen molar-refractivity contribution in [2.75, 3.05) is 6.54 Å².